The van der Waals surface area contributed by atoms with Crippen LogP contribution in [0.4, 0.5) is 0 Å². The highest BCUT2D eigenvalue weighted by atomic mass is 16.5. The van der Waals surface area contributed by atoms with E-state index in [1.165, 1.54) is 6.42 Å². The maximum Gasteiger partial charge on any atom is 0.193 e. The summed E-state index contributed by atoms with van der Waals surface area (Å²) in [6.07, 6.45) is 3.86. The molecule has 23 heavy (non-hydrogen) atoms. The van der Waals surface area contributed by atoms with Crippen molar-refractivity contribution in [2.75, 3.05) is 39.4 Å². The number of nitrogens with one attached hydrogen (secondary N) is 1. The van der Waals surface area contributed by atoms with Crippen molar-refractivity contribution in [1.82, 2.24) is 25.0 Å². The number of hydrogen-bond acceptors (Lipinski definition) is 4. The van der Waals surface area contributed by atoms with Gasteiger partial charge in [-0.15, -0.1) is 10.2 Å². The van der Waals surface area contributed by atoms with Crippen LogP contribution < -0.4 is 5.32 Å². The molecule has 1 aliphatic heterocycles. The fraction of sp³-hybridized carbons (Fsp3) is 0.812. The summed E-state index contributed by atoms with van der Waals surface area (Å²) in [4.78, 5) is 7.12. The highest BCUT2D eigenvalue weighted by Gasteiger charge is 2.24. The van der Waals surface area contributed by atoms with Gasteiger partial charge >= 0.3 is 0 Å². The van der Waals surface area contributed by atoms with Crippen molar-refractivity contribution < 1.29 is 4.74 Å². The van der Waals surface area contributed by atoms with E-state index in [4.69, 9.17) is 9.73 Å². The minimum Gasteiger partial charge on any atom is -0.381 e. The Bertz CT molecular complexity index is 487. The molecule has 0 saturated carbocycles. The minimum atomic E-state index is 0.614. The molecule has 1 aromatic rings. The molecule has 2 rings (SSSR count). The van der Waals surface area contributed by atoms with Crippen molar-refractivity contribution in [3.8, 4) is 0 Å². The Hall–Kier alpha value is -1.63. The van der Waals surface area contributed by atoms with Crippen molar-refractivity contribution in [2.45, 2.75) is 40.2 Å². The second kappa shape index (κ2) is 9.50. The topological polar surface area (TPSA) is 67.6 Å². The Kier molecular flexibility index (Phi) is 7.32. The van der Waals surface area contributed by atoms with Gasteiger partial charge in [0.1, 0.15) is 12.2 Å². The van der Waals surface area contributed by atoms with Crippen LogP contribution in [0.15, 0.2) is 11.3 Å². The summed E-state index contributed by atoms with van der Waals surface area (Å²) < 4.78 is 7.64. The third-order valence-electron chi connectivity index (χ3n) is 4.09. The summed E-state index contributed by atoms with van der Waals surface area (Å²) >= 11 is 0. The second-order valence-electron chi connectivity index (χ2n) is 5.79. The van der Waals surface area contributed by atoms with E-state index < -0.39 is 0 Å². The van der Waals surface area contributed by atoms with Gasteiger partial charge < -0.3 is 19.5 Å². The molecule has 0 aromatic carbocycles. The maximum atomic E-state index is 5.56. The van der Waals surface area contributed by atoms with E-state index in [2.05, 4.69) is 38.8 Å². The van der Waals surface area contributed by atoms with Crippen LogP contribution in [0.25, 0.3) is 0 Å². The highest BCUT2D eigenvalue weighted by Crippen LogP contribution is 2.16. The largest absolute Gasteiger partial charge is 0.381 e. The number of hydrogen-bond donors (Lipinski definition) is 1. The molecular formula is C16H30N6O. The molecule has 1 saturated heterocycles. The van der Waals surface area contributed by atoms with Crippen molar-refractivity contribution in [3.63, 3.8) is 0 Å². The lowest BCUT2D eigenvalue weighted by Gasteiger charge is -2.21. The van der Waals surface area contributed by atoms with Crippen LogP contribution in [0.2, 0.25) is 0 Å². The van der Waals surface area contributed by atoms with Gasteiger partial charge in [-0.05, 0) is 20.3 Å². The lowest BCUT2D eigenvalue weighted by atomic mass is 10.1. The Morgan fingerprint density at radius 3 is 3.04 bits per heavy atom. The van der Waals surface area contributed by atoms with Crippen LogP contribution >= 0.6 is 0 Å². The van der Waals surface area contributed by atoms with Gasteiger partial charge in [-0.3, -0.25) is 4.99 Å². The van der Waals surface area contributed by atoms with Crippen molar-refractivity contribution in [3.05, 3.63) is 12.2 Å². The molecule has 0 spiro atoms. The van der Waals surface area contributed by atoms with Crippen LogP contribution in [0.5, 0.6) is 0 Å². The smallest absolute Gasteiger partial charge is 0.193 e. The van der Waals surface area contributed by atoms with Gasteiger partial charge in [-0.25, -0.2) is 0 Å². The molecule has 1 unspecified atom stereocenters. The van der Waals surface area contributed by atoms with Crippen molar-refractivity contribution in [2.24, 2.45) is 10.9 Å². The standard InChI is InChI=1S/C16H30N6O/c1-4-15-20-19-13-22(15)10-8-18-16(17-5-2)21-9-7-14(11-21)12-23-6-3/h13-14H,4-12H2,1-3H3,(H,17,18). The number of rotatable bonds is 8. The predicted octanol–water partition coefficient (Wildman–Crippen LogP) is 1.16. The molecule has 1 fully saturated rings. The van der Waals surface area contributed by atoms with Gasteiger partial charge in [0.05, 0.1) is 13.2 Å². The quantitative estimate of drug-likeness (QED) is 0.575. The second-order valence-corrected chi connectivity index (χ2v) is 5.79. The summed E-state index contributed by atoms with van der Waals surface area (Å²) in [6.45, 7) is 12.4. The first-order chi connectivity index (χ1) is 11.3. The number of nitrogens with zero attached hydrogens (tertiary/aromatic N) is 5. The normalized spacial score (nSPS) is 18.7. The summed E-state index contributed by atoms with van der Waals surface area (Å²) in [6, 6.07) is 0. The maximum absolute atomic E-state index is 5.56. The van der Waals surface area contributed by atoms with Gasteiger partial charge in [0.25, 0.3) is 0 Å². The molecule has 0 radical (unpaired) electrons. The first-order valence-electron chi connectivity index (χ1n) is 8.76. The Morgan fingerprint density at radius 2 is 2.30 bits per heavy atom. The number of guanidine groups is 1. The van der Waals surface area contributed by atoms with Crippen molar-refractivity contribution >= 4 is 5.96 Å². The zero-order valence-corrected chi connectivity index (χ0v) is 14.7. The molecule has 0 amide bonds. The van der Waals surface area contributed by atoms with Crippen LogP contribution in [0.3, 0.4) is 0 Å². The average Bonchev–Trinajstić information content (AvgIpc) is 3.21. The van der Waals surface area contributed by atoms with E-state index in [0.29, 0.717) is 5.92 Å². The third kappa shape index (κ3) is 5.20. The lowest BCUT2D eigenvalue weighted by molar-refractivity contribution is 0.114. The van der Waals surface area contributed by atoms with E-state index in [0.717, 1.165) is 64.1 Å². The number of ether oxygens (including phenoxy) is 1. The lowest BCUT2D eigenvalue weighted by Crippen LogP contribution is -2.40. The predicted molar refractivity (Wildman–Crippen MR) is 91.6 cm³/mol. The molecule has 7 nitrogen and oxygen atoms in total. The number of aryl methyl sites for hydroxylation is 1. The van der Waals surface area contributed by atoms with Crippen LogP contribution in [0.1, 0.15) is 33.0 Å². The molecule has 0 bridgehead atoms. The van der Waals surface area contributed by atoms with Crippen LogP contribution in [-0.4, -0.2) is 65.0 Å². The van der Waals surface area contributed by atoms with E-state index in [9.17, 15) is 0 Å². The minimum absolute atomic E-state index is 0.614. The molecule has 1 aliphatic rings. The number of aromatic nitrogens is 3. The summed E-state index contributed by atoms with van der Waals surface area (Å²) in [7, 11) is 0. The molecule has 1 N–H and O–H groups in total. The van der Waals surface area contributed by atoms with E-state index in [1.807, 2.05) is 6.92 Å². The zero-order chi connectivity index (χ0) is 16.5. The Labute approximate surface area is 139 Å². The van der Waals surface area contributed by atoms with Gasteiger partial charge in [-0.2, -0.15) is 0 Å². The van der Waals surface area contributed by atoms with E-state index >= 15 is 0 Å². The fourth-order valence-electron chi connectivity index (χ4n) is 2.87. The molecule has 1 atom stereocenters. The van der Waals surface area contributed by atoms with Gasteiger partial charge in [0.15, 0.2) is 5.96 Å². The van der Waals surface area contributed by atoms with Gasteiger partial charge in [0, 0.05) is 45.1 Å². The summed E-state index contributed by atoms with van der Waals surface area (Å²) in [5.41, 5.74) is 0. The molecular weight excluding hydrogens is 292 g/mol. The van der Waals surface area contributed by atoms with Gasteiger partial charge in [-0.1, -0.05) is 6.92 Å². The molecule has 7 heteroatoms. The first kappa shape index (κ1) is 17.7. The number of aliphatic imine (C=N–C) groups is 1. The zero-order valence-electron chi connectivity index (χ0n) is 14.7. The molecule has 0 aliphatic carbocycles. The van der Waals surface area contributed by atoms with Gasteiger partial charge in [0.2, 0.25) is 0 Å². The molecule has 2 heterocycles. The van der Waals surface area contributed by atoms with E-state index in [-0.39, 0.29) is 0 Å². The molecule has 1 aromatic heterocycles. The first-order valence-corrected chi connectivity index (χ1v) is 8.76. The number of likely N-dealkylation sites (tertiary alicyclic amines) is 1. The van der Waals surface area contributed by atoms with Crippen LogP contribution in [-0.2, 0) is 17.7 Å². The molecule has 130 valence electrons. The monoisotopic (exact) mass is 322 g/mol. The average molecular weight is 322 g/mol. The highest BCUT2D eigenvalue weighted by molar-refractivity contribution is 5.80. The summed E-state index contributed by atoms with van der Waals surface area (Å²) in [5, 5.41) is 11.5. The Morgan fingerprint density at radius 1 is 1.43 bits per heavy atom. The van der Waals surface area contributed by atoms with Crippen LogP contribution in [0, 0.1) is 5.92 Å². The fourth-order valence-corrected chi connectivity index (χ4v) is 2.87. The SMILES string of the molecule is CCNC(=NCCn1cnnc1CC)N1CCC(COCC)C1. The summed E-state index contributed by atoms with van der Waals surface area (Å²) in [5.74, 6) is 2.64. The van der Waals surface area contributed by atoms with Crippen molar-refractivity contribution in [1.29, 1.82) is 0 Å². The van der Waals surface area contributed by atoms with E-state index in [1.54, 1.807) is 6.33 Å². The third-order valence-corrected chi connectivity index (χ3v) is 4.09. The Balaban J connectivity index is 1.87.